The number of halogens is 1. The van der Waals surface area contributed by atoms with Crippen LogP contribution in [0.15, 0.2) is 54.5 Å². The van der Waals surface area contributed by atoms with E-state index in [2.05, 4.69) is 4.98 Å². The summed E-state index contributed by atoms with van der Waals surface area (Å²) in [7, 11) is 3.20. The average molecular weight is 478 g/mol. The Balaban J connectivity index is 1.53. The third-order valence-electron chi connectivity index (χ3n) is 6.54. The van der Waals surface area contributed by atoms with E-state index < -0.39 is 5.60 Å². The normalized spacial score (nSPS) is 15.7. The molecule has 3 aromatic rings. The van der Waals surface area contributed by atoms with Gasteiger partial charge in [0.2, 0.25) is 5.91 Å². The van der Waals surface area contributed by atoms with Crippen molar-refractivity contribution in [3.8, 4) is 11.4 Å². The van der Waals surface area contributed by atoms with Crippen LogP contribution in [0.4, 0.5) is 4.39 Å². The number of aryl methyl sites for hydroxylation is 1. The Morgan fingerprint density at radius 3 is 2.63 bits per heavy atom. The van der Waals surface area contributed by atoms with Crippen LogP contribution in [0.1, 0.15) is 49.1 Å². The number of rotatable bonds is 7. The van der Waals surface area contributed by atoms with Crippen molar-refractivity contribution in [2.75, 3.05) is 20.8 Å². The van der Waals surface area contributed by atoms with Gasteiger partial charge < -0.3 is 18.9 Å². The van der Waals surface area contributed by atoms with Crippen molar-refractivity contribution < 1.29 is 18.7 Å². The number of piperidine rings is 1. The van der Waals surface area contributed by atoms with Gasteiger partial charge >= 0.3 is 0 Å². The van der Waals surface area contributed by atoms with Crippen molar-refractivity contribution in [1.29, 1.82) is 0 Å². The molecule has 1 saturated heterocycles. The molecule has 0 N–H and O–H groups in total. The summed E-state index contributed by atoms with van der Waals surface area (Å²) in [5.41, 5.74) is 3.98. The van der Waals surface area contributed by atoms with Gasteiger partial charge in [-0.3, -0.25) is 4.79 Å². The molecule has 184 valence electrons. The van der Waals surface area contributed by atoms with E-state index in [1.54, 1.807) is 31.5 Å². The number of hydrogen-bond acceptors (Lipinski definition) is 4. The van der Waals surface area contributed by atoms with E-state index >= 15 is 0 Å². The molecule has 0 spiro atoms. The number of benzene rings is 2. The lowest BCUT2D eigenvalue weighted by Gasteiger charge is -2.29. The molecule has 2 heterocycles. The fraction of sp³-hybridized carbons (Fsp3) is 0.357. The number of carbonyl (C=O) groups excluding carboxylic acids is 1. The van der Waals surface area contributed by atoms with Gasteiger partial charge in [-0.1, -0.05) is 18.2 Å². The van der Waals surface area contributed by atoms with Crippen LogP contribution in [0.3, 0.4) is 0 Å². The number of ether oxygens (including phenoxy) is 2. The van der Waals surface area contributed by atoms with E-state index in [1.807, 2.05) is 61.9 Å². The number of likely N-dealkylation sites (tertiary alicyclic amines) is 1. The lowest BCUT2D eigenvalue weighted by Crippen LogP contribution is -2.36. The van der Waals surface area contributed by atoms with Crippen LogP contribution < -0.4 is 4.74 Å². The Bertz CT molecular complexity index is 1260. The summed E-state index contributed by atoms with van der Waals surface area (Å²) in [5, 5.41) is 0. The second-order valence-corrected chi connectivity index (χ2v) is 9.38. The quantitative estimate of drug-likeness (QED) is 0.427. The minimum atomic E-state index is -0.716. The number of imidazole rings is 1. The summed E-state index contributed by atoms with van der Waals surface area (Å²) in [5.74, 6) is 0.354. The topological polar surface area (TPSA) is 56.6 Å². The Kier molecular flexibility index (Phi) is 7.08. The first-order valence-electron chi connectivity index (χ1n) is 11.7. The number of amides is 1. The molecular formula is C28H32FN3O3. The summed E-state index contributed by atoms with van der Waals surface area (Å²) in [6, 6.07) is 11.0. The van der Waals surface area contributed by atoms with Gasteiger partial charge in [0.05, 0.1) is 30.4 Å². The highest BCUT2D eigenvalue weighted by atomic mass is 19.1. The van der Waals surface area contributed by atoms with E-state index in [0.29, 0.717) is 30.8 Å². The van der Waals surface area contributed by atoms with Crippen molar-refractivity contribution in [2.45, 2.75) is 45.8 Å². The predicted octanol–water partition coefficient (Wildman–Crippen LogP) is 5.42. The van der Waals surface area contributed by atoms with E-state index in [-0.39, 0.29) is 11.7 Å². The molecule has 1 aliphatic rings. The van der Waals surface area contributed by atoms with Gasteiger partial charge in [-0.15, -0.1) is 0 Å². The maximum Gasteiger partial charge on any atom is 0.250 e. The van der Waals surface area contributed by atoms with Gasteiger partial charge in [0, 0.05) is 37.5 Å². The average Bonchev–Trinajstić information content (AvgIpc) is 3.27. The maximum atomic E-state index is 14.8. The molecule has 35 heavy (non-hydrogen) atoms. The highest BCUT2D eigenvalue weighted by molar-refractivity contribution is 5.98. The van der Waals surface area contributed by atoms with Crippen LogP contribution in [-0.4, -0.2) is 41.1 Å². The predicted molar refractivity (Wildman–Crippen MR) is 134 cm³/mol. The molecule has 0 atom stereocenters. The zero-order valence-corrected chi connectivity index (χ0v) is 21.0. The second-order valence-electron chi connectivity index (χ2n) is 9.38. The summed E-state index contributed by atoms with van der Waals surface area (Å²) in [6.07, 6.45) is 7.17. The molecule has 1 amide bonds. The molecule has 0 radical (unpaired) electrons. The molecule has 1 aliphatic heterocycles. The molecule has 0 aliphatic carbocycles. The van der Waals surface area contributed by atoms with Gasteiger partial charge in [0.1, 0.15) is 11.6 Å². The van der Waals surface area contributed by atoms with E-state index in [9.17, 15) is 9.18 Å². The summed E-state index contributed by atoms with van der Waals surface area (Å²) in [6.45, 7) is 6.60. The Morgan fingerprint density at radius 1 is 1.17 bits per heavy atom. The molecule has 0 saturated carbocycles. The fourth-order valence-corrected chi connectivity index (χ4v) is 4.38. The minimum Gasteiger partial charge on any atom is -0.495 e. The van der Waals surface area contributed by atoms with Crippen molar-refractivity contribution in [3.63, 3.8) is 0 Å². The second kappa shape index (κ2) is 10.0. The van der Waals surface area contributed by atoms with Gasteiger partial charge in [-0.2, -0.15) is 0 Å². The van der Waals surface area contributed by atoms with Gasteiger partial charge in [0.25, 0.3) is 0 Å². The lowest BCUT2D eigenvalue weighted by molar-refractivity contribution is -0.129. The molecule has 1 fully saturated rings. The smallest absolute Gasteiger partial charge is 0.250 e. The standard InChI is InChI=1S/C28H32FN3O3/c1-19-16-32(18-30-19)25-11-9-20(15-26(25)34-4)13-22-7-6-12-31(27(22)33)17-21-8-10-23(24(29)14-21)28(2,3)35-5/h8-11,13-16,18H,6-7,12,17H2,1-5H3. The van der Waals surface area contributed by atoms with Crippen molar-refractivity contribution in [1.82, 2.24) is 14.5 Å². The largest absolute Gasteiger partial charge is 0.495 e. The minimum absolute atomic E-state index is 0.0220. The van der Waals surface area contributed by atoms with Crippen LogP contribution in [0.25, 0.3) is 11.8 Å². The summed E-state index contributed by atoms with van der Waals surface area (Å²) in [4.78, 5) is 19.3. The molecular weight excluding hydrogens is 445 g/mol. The summed E-state index contributed by atoms with van der Waals surface area (Å²) >= 11 is 0. The van der Waals surface area contributed by atoms with E-state index in [0.717, 1.165) is 34.5 Å². The maximum absolute atomic E-state index is 14.8. The van der Waals surface area contributed by atoms with Crippen molar-refractivity contribution in [2.24, 2.45) is 0 Å². The monoisotopic (exact) mass is 477 g/mol. The van der Waals surface area contributed by atoms with E-state index in [1.165, 1.54) is 6.07 Å². The zero-order valence-electron chi connectivity index (χ0n) is 21.0. The highest BCUT2D eigenvalue weighted by Gasteiger charge is 2.26. The Hall–Kier alpha value is -3.45. The first-order chi connectivity index (χ1) is 16.7. The van der Waals surface area contributed by atoms with Gasteiger partial charge in [0.15, 0.2) is 0 Å². The highest BCUT2D eigenvalue weighted by Crippen LogP contribution is 2.29. The van der Waals surface area contributed by atoms with Crippen LogP contribution in [-0.2, 0) is 21.7 Å². The first kappa shape index (κ1) is 24.7. The van der Waals surface area contributed by atoms with Gasteiger partial charge in [-0.25, -0.2) is 9.37 Å². The number of methoxy groups -OCH3 is 2. The third-order valence-corrected chi connectivity index (χ3v) is 6.54. The van der Waals surface area contributed by atoms with E-state index in [4.69, 9.17) is 9.47 Å². The molecule has 6 nitrogen and oxygen atoms in total. The Labute approximate surface area is 206 Å². The van der Waals surface area contributed by atoms with Crippen molar-refractivity contribution in [3.05, 3.63) is 82.7 Å². The lowest BCUT2D eigenvalue weighted by atomic mass is 9.95. The SMILES string of the molecule is COc1cc(C=C2CCCN(Cc3ccc(C(C)(C)OC)c(F)c3)C2=O)ccc1-n1cnc(C)c1. The van der Waals surface area contributed by atoms with Crippen LogP contribution in [0, 0.1) is 12.7 Å². The molecule has 0 unspecified atom stereocenters. The van der Waals surface area contributed by atoms with Crippen molar-refractivity contribution >= 4 is 12.0 Å². The molecule has 4 rings (SSSR count). The number of carbonyl (C=O) groups is 1. The number of nitrogens with zero attached hydrogens (tertiary/aromatic N) is 3. The first-order valence-corrected chi connectivity index (χ1v) is 11.7. The fourth-order valence-electron chi connectivity index (χ4n) is 4.38. The zero-order chi connectivity index (χ0) is 25.2. The van der Waals surface area contributed by atoms with Crippen LogP contribution in [0.2, 0.25) is 0 Å². The van der Waals surface area contributed by atoms with Crippen LogP contribution >= 0.6 is 0 Å². The molecule has 2 aromatic carbocycles. The third kappa shape index (κ3) is 5.30. The number of hydrogen-bond donors (Lipinski definition) is 0. The Morgan fingerprint density at radius 2 is 1.97 bits per heavy atom. The molecule has 1 aromatic heterocycles. The molecule has 0 bridgehead atoms. The van der Waals surface area contributed by atoms with Crippen LogP contribution in [0.5, 0.6) is 5.75 Å². The summed E-state index contributed by atoms with van der Waals surface area (Å²) < 4.78 is 27.7. The van der Waals surface area contributed by atoms with Gasteiger partial charge in [-0.05, 0) is 69.0 Å². The molecule has 7 heteroatoms. The number of aromatic nitrogens is 2.